The molecule has 0 bridgehead atoms. The number of tetrazole rings is 1. The Labute approximate surface area is 162 Å². The van der Waals surface area contributed by atoms with Gasteiger partial charge in [0, 0.05) is 15.7 Å². The number of carbonyl (C=O) groups excluding carboxylic acids is 1. The highest BCUT2D eigenvalue weighted by atomic mass is 79.9. The van der Waals surface area contributed by atoms with Gasteiger partial charge in [0.05, 0.1) is 6.04 Å². The number of nitrogens with one attached hydrogen (secondary N) is 1. The number of hydrogen-bond acceptors (Lipinski definition) is 5. The minimum Gasteiger partial charge on any atom is -0.481 e. The third-order valence-corrected chi connectivity index (χ3v) is 4.54. The summed E-state index contributed by atoms with van der Waals surface area (Å²) in [7, 11) is 0. The average molecular weight is 432 g/mol. The lowest BCUT2D eigenvalue weighted by Gasteiger charge is -2.09. The normalized spacial score (nSPS) is 13.4. The molecule has 1 aliphatic carbocycles. The summed E-state index contributed by atoms with van der Waals surface area (Å²) in [6.45, 7) is -0.303. The Bertz CT molecular complexity index is 989. The number of carbonyl (C=O) groups is 1. The topological polar surface area (TPSA) is 81.9 Å². The van der Waals surface area contributed by atoms with Crippen molar-refractivity contribution in [2.24, 2.45) is 0 Å². The van der Waals surface area contributed by atoms with Crippen molar-refractivity contribution in [3.63, 3.8) is 0 Å². The summed E-state index contributed by atoms with van der Waals surface area (Å²) >= 11 is 3.17. The molecular weight excluding hydrogens is 417 g/mol. The summed E-state index contributed by atoms with van der Waals surface area (Å²) in [6, 6.07) is 12.0. The lowest BCUT2D eigenvalue weighted by Crippen LogP contribution is -2.20. The molecule has 138 valence electrons. The molecule has 0 atom stereocenters. The second-order valence-corrected chi connectivity index (χ2v) is 7.09. The molecule has 4 rings (SSSR count). The highest BCUT2D eigenvalue weighted by Crippen LogP contribution is 2.36. The van der Waals surface area contributed by atoms with E-state index in [9.17, 15) is 9.18 Å². The number of nitrogens with zero attached hydrogens (tertiary/aromatic N) is 4. The molecule has 0 saturated heterocycles. The second kappa shape index (κ2) is 7.43. The van der Waals surface area contributed by atoms with Gasteiger partial charge in [-0.15, -0.1) is 5.10 Å². The number of ether oxygens (including phenoxy) is 1. The molecule has 7 nitrogen and oxygen atoms in total. The number of rotatable bonds is 6. The fourth-order valence-corrected chi connectivity index (χ4v) is 2.95. The standard InChI is InChI=1S/C18H15BrFN5O2/c19-12-4-7-16(15(20)9-12)27-10-17(26)21-13-3-1-2-11(8-13)18-22-23-24-25(18)14-5-6-14/h1-4,7-9,14H,5-6,10H2,(H,21,26). The molecule has 3 aromatic rings. The Balaban J connectivity index is 1.42. The number of benzene rings is 2. The minimum atomic E-state index is -0.536. The molecular formula is C18H15BrFN5O2. The first-order valence-electron chi connectivity index (χ1n) is 8.36. The molecule has 1 heterocycles. The molecule has 0 aliphatic heterocycles. The molecule has 1 N–H and O–H groups in total. The predicted molar refractivity (Wildman–Crippen MR) is 99.7 cm³/mol. The van der Waals surface area contributed by atoms with Gasteiger partial charge in [-0.3, -0.25) is 4.79 Å². The number of amides is 1. The summed E-state index contributed by atoms with van der Waals surface area (Å²) < 4.78 is 21.4. The van der Waals surface area contributed by atoms with Crippen molar-refractivity contribution < 1.29 is 13.9 Å². The zero-order valence-electron chi connectivity index (χ0n) is 14.1. The van der Waals surface area contributed by atoms with Crippen LogP contribution in [0.2, 0.25) is 0 Å². The van der Waals surface area contributed by atoms with Gasteiger partial charge in [-0.2, -0.15) is 0 Å². The summed E-state index contributed by atoms with van der Waals surface area (Å²) in [5.41, 5.74) is 1.40. The predicted octanol–water partition coefficient (Wildman–Crippen LogP) is 3.59. The van der Waals surface area contributed by atoms with Crippen molar-refractivity contribution in [1.82, 2.24) is 20.2 Å². The molecule has 2 aromatic carbocycles. The van der Waals surface area contributed by atoms with Crippen LogP contribution in [-0.2, 0) is 4.79 Å². The first-order valence-corrected chi connectivity index (χ1v) is 9.15. The van der Waals surface area contributed by atoms with E-state index in [4.69, 9.17) is 4.74 Å². The van der Waals surface area contributed by atoms with Gasteiger partial charge in [0.2, 0.25) is 0 Å². The number of hydrogen-bond donors (Lipinski definition) is 1. The van der Waals surface area contributed by atoms with Gasteiger partial charge in [0.1, 0.15) is 0 Å². The van der Waals surface area contributed by atoms with Gasteiger partial charge >= 0.3 is 0 Å². The van der Waals surface area contributed by atoms with Gasteiger partial charge < -0.3 is 10.1 Å². The fraction of sp³-hybridized carbons (Fsp3) is 0.222. The number of anilines is 1. The Hall–Kier alpha value is -2.81. The maximum Gasteiger partial charge on any atom is 0.262 e. The van der Waals surface area contributed by atoms with Crippen molar-refractivity contribution in [2.45, 2.75) is 18.9 Å². The SMILES string of the molecule is O=C(COc1ccc(Br)cc1F)Nc1cccc(-c2nnnn2C2CC2)c1. The van der Waals surface area contributed by atoms with E-state index in [1.165, 1.54) is 12.1 Å². The van der Waals surface area contributed by atoms with E-state index in [-0.39, 0.29) is 12.4 Å². The van der Waals surface area contributed by atoms with Gasteiger partial charge in [-0.25, -0.2) is 9.07 Å². The third-order valence-electron chi connectivity index (χ3n) is 4.04. The largest absolute Gasteiger partial charge is 0.481 e. The van der Waals surface area contributed by atoms with E-state index >= 15 is 0 Å². The molecule has 0 radical (unpaired) electrons. The van der Waals surface area contributed by atoms with Crippen LogP contribution in [0.3, 0.4) is 0 Å². The van der Waals surface area contributed by atoms with Crippen LogP contribution in [0, 0.1) is 5.82 Å². The summed E-state index contributed by atoms with van der Waals surface area (Å²) in [5, 5.41) is 14.6. The van der Waals surface area contributed by atoms with Crippen LogP contribution in [0.4, 0.5) is 10.1 Å². The van der Waals surface area contributed by atoms with Gasteiger partial charge in [-0.05, 0) is 53.6 Å². The van der Waals surface area contributed by atoms with Gasteiger partial charge in [0.15, 0.2) is 24.0 Å². The van der Waals surface area contributed by atoms with E-state index in [1.54, 1.807) is 22.9 Å². The molecule has 1 amide bonds. The van der Waals surface area contributed by atoms with Crippen LogP contribution in [0.25, 0.3) is 11.4 Å². The van der Waals surface area contributed by atoms with Gasteiger partial charge in [-0.1, -0.05) is 28.1 Å². The molecule has 1 aliphatic rings. The molecule has 1 aromatic heterocycles. The Kier molecular flexibility index (Phi) is 4.85. The fourth-order valence-electron chi connectivity index (χ4n) is 2.62. The first kappa shape index (κ1) is 17.6. The summed E-state index contributed by atoms with van der Waals surface area (Å²) in [4.78, 5) is 12.1. The summed E-state index contributed by atoms with van der Waals surface area (Å²) in [5.74, 6) is -0.241. The van der Waals surface area contributed by atoms with E-state index in [1.807, 2.05) is 12.1 Å². The molecule has 0 unspecified atom stereocenters. The summed E-state index contributed by atoms with van der Waals surface area (Å²) in [6.07, 6.45) is 2.14. The number of halogens is 2. The monoisotopic (exact) mass is 431 g/mol. The van der Waals surface area contributed by atoms with Crippen LogP contribution >= 0.6 is 15.9 Å². The quantitative estimate of drug-likeness (QED) is 0.644. The maximum atomic E-state index is 13.7. The van der Waals surface area contributed by atoms with Crippen LogP contribution in [0.1, 0.15) is 18.9 Å². The average Bonchev–Trinajstić information content (AvgIpc) is 3.37. The smallest absolute Gasteiger partial charge is 0.262 e. The zero-order chi connectivity index (χ0) is 18.8. The Morgan fingerprint density at radius 3 is 2.93 bits per heavy atom. The van der Waals surface area contributed by atoms with E-state index in [2.05, 4.69) is 36.8 Å². The molecule has 27 heavy (non-hydrogen) atoms. The first-order chi connectivity index (χ1) is 13.1. The van der Waals surface area contributed by atoms with Crippen LogP contribution in [-0.4, -0.2) is 32.7 Å². The second-order valence-electron chi connectivity index (χ2n) is 6.17. The third kappa shape index (κ3) is 4.13. The molecule has 0 spiro atoms. The molecule has 1 saturated carbocycles. The number of aromatic nitrogens is 4. The highest BCUT2D eigenvalue weighted by molar-refractivity contribution is 9.10. The molecule has 1 fully saturated rings. The lowest BCUT2D eigenvalue weighted by atomic mass is 10.2. The van der Waals surface area contributed by atoms with E-state index < -0.39 is 11.7 Å². The lowest BCUT2D eigenvalue weighted by molar-refractivity contribution is -0.118. The Morgan fingerprint density at radius 1 is 1.30 bits per heavy atom. The van der Waals surface area contributed by atoms with Crippen molar-refractivity contribution >= 4 is 27.5 Å². The van der Waals surface area contributed by atoms with E-state index in [0.717, 1.165) is 18.4 Å². The Morgan fingerprint density at radius 2 is 2.15 bits per heavy atom. The van der Waals surface area contributed by atoms with Crippen LogP contribution in [0.15, 0.2) is 46.9 Å². The van der Waals surface area contributed by atoms with Gasteiger partial charge in [0.25, 0.3) is 5.91 Å². The minimum absolute atomic E-state index is 0.0192. The van der Waals surface area contributed by atoms with Crippen LogP contribution in [0.5, 0.6) is 5.75 Å². The zero-order valence-corrected chi connectivity index (χ0v) is 15.7. The highest BCUT2D eigenvalue weighted by Gasteiger charge is 2.28. The van der Waals surface area contributed by atoms with E-state index in [0.29, 0.717) is 22.0 Å². The van der Waals surface area contributed by atoms with Crippen molar-refractivity contribution in [3.8, 4) is 17.1 Å². The van der Waals surface area contributed by atoms with Crippen LogP contribution < -0.4 is 10.1 Å². The maximum absolute atomic E-state index is 13.7. The van der Waals surface area contributed by atoms with Crippen molar-refractivity contribution in [3.05, 3.63) is 52.8 Å². The van der Waals surface area contributed by atoms with Crippen molar-refractivity contribution in [1.29, 1.82) is 0 Å². The van der Waals surface area contributed by atoms with Crippen molar-refractivity contribution in [2.75, 3.05) is 11.9 Å². The molecule has 9 heteroatoms.